The molecular weight excluding hydrogens is 677 g/mol. The number of alkyl halides is 5. The molecule has 12 nitrogen and oxygen atoms in total. The molecule has 0 radical (unpaired) electrons. The van der Waals surface area contributed by atoms with Crippen molar-refractivity contribution in [3.8, 4) is 5.69 Å². The molecule has 4 aromatic rings. The summed E-state index contributed by atoms with van der Waals surface area (Å²) < 4.78 is 74.6. The Labute approximate surface area is 281 Å². The third kappa shape index (κ3) is 6.54. The summed E-state index contributed by atoms with van der Waals surface area (Å²) in [5.74, 6) is -1.94. The molecular formula is C31H31ClF5N9O3. The summed E-state index contributed by atoms with van der Waals surface area (Å²) in [4.78, 5) is 32.0. The highest BCUT2D eigenvalue weighted by atomic mass is 35.5. The van der Waals surface area contributed by atoms with Crippen molar-refractivity contribution < 1.29 is 36.3 Å². The molecule has 0 saturated carbocycles. The molecule has 0 aliphatic carbocycles. The lowest BCUT2D eigenvalue weighted by Crippen LogP contribution is -2.49. The predicted octanol–water partition coefficient (Wildman–Crippen LogP) is 6.09. The van der Waals surface area contributed by atoms with Crippen LogP contribution in [-0.2, 0) is 15.1 Å². The Kier molecular flexibility index (Phi) is 9.18. The summed E-state index contributed by atoms with van der Waals surface area (Å²) in [6, 6.07) is 5.36. The zero-order valence-corrected chi connectivity index (χ0v) is 27.3. The molecule has 3 aromatic heterocycles. The second kappa shape index (κ2) is 12.8. The molecule has 0 unspecified atom stereocenters. The normalized spacial score (nSPS) is 18.1. The molecule has 1 saturated heterocycles. The molecule has 0 bridgehead atoms. The maximum Gasteiger partial charge on any atom is 0.408 e. The van der Waals surface area contributed by atoms with Gasteiger partial charge in [-0.1, -0.05) is 45.0 Å². The number of nitrogens with one attached hydrogen (secondary N) is 3. The zero-order valence-electron chi connectivity index (χ0n) is 26.5. The number of halogens is 6. The number of guanidine groups is 1. The molecule has 5 rings (SSSR count). The molecule has 1 aromatic carbocycles. The van der Waals surface area contributed by atoms with E-state index in [4.69, 9.17) is 21.7 Å². The van der Waals surface area contributed by atoms with Crippen LogP contribution in [0.4, 0.5) is 26.7 Å². The fourth-order valence-corrected chi connectivity index (χ4v) is 5.62. The molecule has 0 spiro atoms. The van der Waals surface area contributed by atoms with E-state index in [9.17, 15) is 31.5 Å². The van der Waals surface area contributed by atoms with Crippen LogP contribution in [0.25, 0.3) is 11.2 Å². The standard InChI is InChI=1S/C31H31ClF5N9O3/c1-16(29(3,4)5)30(19-9-11-44-20(13-19)8-10-40-44)26(47)45(27(38)43-30)23(14-49-28(48)42-17(2)31(35,36)37)18-6-7-21(32)22(12-18)46-25(24(33)34)39-15-41-46/h6-13,15,17,23-24H,1,14H2,2-5H3,(H2,38,43)(H,42,48)/t17-,23+,30+/m0/s1. The average Bonchev–Trinajstić information content (AvgIpc) is 3.75. The number of amides is 2. The highest BCUT2D eigenvalue weighted by Gasteiger charge is 2.57. The first kappa shape index (κ1) is 35.3. The van der Waals surface area contributed by atoms with Gasteiger partial charge in [0.15, 0.2) is 17.3 Å². The average molecular weight is 708 g/mol. The van der Waals surface area contributed by atoms with Crippen molar-refractivity contribution in [2.75, 3.05) is 6.61 Å². The lowest BCUT2D eigenvalue weighted by Gasteiger charge is -2.37. The van der Waals surface area contributed by atoms with Crippen LogP contribution in [-0.4, -0.2) is 66.1 Å². The number of hydrogen-bond donors (Lipinski definition) is 3. The maximum atomic E-state index is 14.9. The lowest BCUT2D eigenvalue weighted by molar-refractivity contribution is -0.150. The number of nitrogens with zero attached hydrogens (tertiary/aromatic N) is 6. The Bertz CT molecular complexity index is 1940. The van der Waals surface area contributed by atoms with E-state index in [2.05, 4.69) is 27.1 Å². The van der Waals surface area contributed by atoms with Crippen LogP contribution in [0.15, 0.2) is 67.3 Å². The van der Waals surface area contributed by atoms with Gasteiger partial charge in [-0.2, -0.15) is 23.4 Å². The molecule has 49 heavy (non-hydrogen) atoms. The van der Waals surface area contributed by atoms with Gasteiger partial charge in [-0.15, -0.1) is 0 Å². The number of ether oxygens (including phenoxy) is 1. The molecule has 260 valence electrons. The molecule has 1 aliphatic heterocycles. The number of rotatable bonds is 9. The summed E-state index contributed by atoms with van der Waals surface area (Å²) in [6.45, 7) is 9.68. The summed E-state index contributed by atoms with van der Waals surface area (Å²) in [5, 5.41) is 21.7. The molecule has 2 amide bonds. The van der Waals surface area contributed by atoms with E-state index in [1.807, 2.05) is 20.8 Å². The summed E-state index contributed by atoms with van der Waals surface area (Å²) >= 11 is 6.38. The fourth-order valence-electron chi connectivity index (χ4n) is 5.42. The second-order valence-electron chi connectivity index (χ2n) is 12.3. The molecule has 1 fully saturated rings. The minimum absolute atomic E-state index is 0.0434. The third-order valence-electron chi connectivity index (χ3n) is 8.14. The van der Waals surface area contributed by atoms with Crippen LogP contribution >= 0.6 is 11.6 Å². The minimum Gasteiger partial charge on any atom is -0.447 e. The van der Waals surface area contributed by atoms with E-state index in [1.165, 1.54) is 18.2 Å². The number of alkyl carbamates (subject to hydrolysis) is 1. The van der Waals surface area contributed by atoms with Crippen molar-refractivity contribution in [3.05, 3.63) is 89.2 Å². The van der Waals surface area contributed by atoms with E-state index in [0.29, 0.717) is 16.7 Å². The smallest absolute Gasteiger partial charge is 0.408 e. The Morgan fingerprint density at radius 1 is 1.16 bits per heavy atom. The van der Waals surface area contributed by atoms with Gasteiger partial charge in [0.25, 0.3) is 12.3 Å². The quantitative estimate of drug-likeness (QED) is 0.141. The number of hydrogen-bond acceptors (Lipinski definition) is 7. The van der Waals surface area contributed by atoms with Gasteiger partial charge in [0, 0.05) is 12.4 Å². The van der Waals surface area contributed by atoms with Gasteiger partial charge in [-0.3, -0.25) is 15.1 Å². The Hall–Kier alpha value is -5.06. The van der Waals surface area contributed by atoms with E-state index in [-0.39, 0.29) is 16.3 Å². The number of aromatic nitrogens is 5. The van der Waals surface area contributed by atoms with Crippen LogP contribution in [0.2, 0.25) is 5.02 Å². The highest BCUT2D eigenvalue weighted by molar-refractivity contribution is 6.32. The van der Waals surface area contributed by atoms with Crippen LogP contribution in [0.5, 0.6) is 0 Å². The molecule has 4 heterocycles. The van der Waals surface area contributed by atoms with Gasteiger partial charge in [-0.05, 0) is 59.4 Å². The largest absolute Gasteiger partial charge is 0.447 e. The Balaban J connectivity index is 1.63. The van der Waals surface area contributed by atoms with Gasteiger partial charge >= 0.3 is 12.3 Å². The number of benzene rings is 1. The topological polar surface area (TPSA) is 143 Å². The minimum atomic E-state index is -4.77. The van der Waals surface area contributed by atoms with Crippen LogP contribution in [0, 0.1) is 10.8 Å². The SMILES string of the molecule is C=C(C(C)(C)C)[C@]1(c2ccn3nccc3c2)NC(=N)N([C@H](COC(=O)N[C@@H](C)C(F)(F)F)c2ccc(Cl)c(-n3ncnc3C(F)F)c2)C1=O. The van der Waals surface area contributed by atoms with Crippen LogP contribution in [0.1, 0.15) is 57.1 Å². The summed E-state index contributed by atoms with van der Waals surface area (Å²) in [6.07, 6.45) is -5.19. The molecule has 18 heteroatoms. The third-order valence-corrected chi connectivity index (χ3v) is 8.46. The molecule has 3 atom stereocenters. The van der Waals surface area contributed by atoms with Gasteiger partial charge < -0.3 is 15.4 Å². The van der Waals surface area contributed by atoms with Crippen molar-refractivity contribution >= 4 is 35.1 Å². The number of pyridine rings is 1. The van der Waals surface area contributed by atoms with E-state index < -0.39 is 66.0 Å². The maximum absolute atomic E-state index is 14.9. The van der Waals surface area contributed by atoms with Gasteiger partial charge in [0.05, 0.1) is 22.3 Å². The first-order valence-electron chi connectivity index (χ1n) is 14.7. The highest BCUT2D eigenvalue weighted by Crippen LogP contribution is 2.45. The van der Waals surface area contributed by atoms with E-state index >= 15 is 0 Å². The zero-order chi connectivity index (χ0) is 36.1. The first-order chi connectivity index (χ1) is 22.9. The van der Waals surface area contributed by atoms with Crippen molar-refractivity contribution in [3.63, 3.8) is 0 Å². The summed E-state index contributed by atoms with van der Waals surface area (Å²) in [7, 11) is 0. The predicted molar refractivity (Wildman–Crippen MR) is 167 cm³/mol. The van der Waals surface area contributed by atoms with Crippen LogP contribution in [0.3, 0.4) is 0 Å². The van der Waals surface area contributed by atoms with Gasteiger partial charge in [0.2, 0.25) is 0 Å². The van der Waals surface area contributed by atoms with E-state index in [1.54, 1.807) is 40.4 Å². The lowest BCUT2D eigenvalue weighted by atomic mass is 9.71. The van der Waals surface area contributed by atoms with Crippen molar-refractivity contribution in [2.45, 2.75) is 57.9 Å². The van der Waals surface area contributed by atoms with E-state index in [0.717, 1.165) is 22.8 Å². The van der Waals surface area contributed by atoms with Gasteiger partial charge in [0.1, 0.15) is 19.0 Å². The number of carbonyl (C=O) groups excluding carboxylic acids is 2. The molecule has 1 aliphatic rings. The Morgan fingerprint density at radius 3 is 2.53 bits per heavy atom. The van der Waals surface area contributed by atoms with Crippen LogP contribution < -0.4 is 10.6 Å². The van der Waals surface area contributed by atoms with Crippen molar-refractivity contribution in [1.29, 1.82) is 5.41 Å². The Morgan fingerprint density at radius 2 is 1.88 bits per heavy atom. The van der Waals surface area contributed by atoms with Gasteiger partial charge in [-0.25, -0.2) is 27.8 Å². The first-order valence-corrected chi connectivity index (χ1v) is 15.1. The second-order valence-corrected chi connectivity index (χ2v) is 12.7. The number of fused-ring (bicyclic) bond motifs is 1. The monoisotopic (exact) mass is 707 g/mol. The van der Waals surface area contributed by atoms with Crippen molar-refractivity contribution in [1.82, 2.24) is 39.9 Å². The summed E-state index contributed by atoms with van der Waals surface area (Å²) in [5.41, 5.74) is -1.08. The van der Waals surface area contributed by atoms with Crippen molar-refractivity contribution in [2.24, 2.45) is 5.41 Å². The number of carbonyl (C=O) groups is 2. The molecule has 3 N–H and O–H groups in total. The fraction of sp³-hybridized carbons (Fsp3) is 0.355.